The Morgan fingerprint density at radius 2 is 1.44 bits per heavy atom. The molecule has 0 aliphatic carbocycles. The molecule has 0 spiro atoms. The SMILES string of the molecule is CNCCC(=O)Oc1c(F)c(F)c(F)c(F)c1F. The van der Waals surface area contributed by atoms with E-state index in [0.717, 1.165) is 0 Å². The molecule has 0 aromatic heterocycles. The van der Waals surface area contributed by atoms with Gasteiger partial charge in [-0.15, -0.1) is 0 Å². The van der Waals surface area contributed by atoms with Crippen LogP contribution in [-0.2, 0) is 4.79 Å². The van der Waals surface area contributed by atoms with Gasteiger partial charge in [0.15, 0.2) is 0 Å². The molecular formula is C10H8F5NO2. The van der Waals surface area contributed by atoms with Crippen molar-refractivity contribution < 1.29 is 31.5 Å². The number of carbonyl (C=O) groups excluding carboxylic acids is 1. The first-order valence-electron chi connectivity index (χ1n) is 4.76. The highest BCUT2D eigenvalue weighted by Gasteiger charge is 2.28. The Labute approximate surface area is 98.5 Å². The first-order chi connectivity index (χ1) is 8.40. The van der Waals surface area contributed by atoms with Gasteiger partial charge in [0.2, 0.25) is 34.8 Å². The highest BCUT2D eigenvalue weighted by molar-refractivity contribution is 5.72. The van der Waals surface area contributed by atoms with E-state index in [1.807, 2.05) is 0 Å². The molecular weight excluding hydrogens is 261 g/mol. The average Bonchev–Trinajstić information content (AvgIpc) is 2.36. The van der Waals surface area contributed by atoms with E-state index in [-0.39, 0.29) is 13.0 Å². The summed E-state index contributed by atoms with van der Waals surface area (Å²) in [4.78, 5) is 11.0. The van der Waals surface area contributed by atoms with Crippen LogP contribution in [0, 0.1) is 29.1 Å². The van der Waals surface area contributed by atoms with Crippen LogP contribution in [0.3, 0.4) is 0 Å². The zero-order valence-corrected chi connectivity index (χ0v) is 9.12. The maximum absolute atomic E-state index is 13.1. The minimum atomic E-state index is -2.31. The van der Waals surface area contributed by atoms with Gasteiger partial charge in [-0.25, -0.2) is 13.2 Å². The molecule has 8 heteroatoms. The Morgan fingerprint density at radius 3 is 1.89 bits per heavy atom. The summed E-state index contributed by atoms with van der Waals surface area (Å²) < 4.78 is 68.4. The Morgan fingerprint density at radius 1 is 1.00 bits per heavy atom. The zero-order chi connectivity index (χ0) is 13.9. The maximum Gasteiger partial charge on any atom is 0.312 e. The molecule has 0 atom stereocenters. The largest absolute Gasteiger partial charge is 0.420 e. The second kappa shape index (κ2) is 5.76. The lowest BCUT2D eigenvalue weighted by Crippen LogP contribution is -2.18. The first kappa shape index (κ1) is 14.4. The number of esters is 1. The monoisotopic (exact) mass is 269 g/mol. The van der Waals surface area contributed by atoms with Crippen LogP contribution in [0.5, 0.6) is 5.75 Å². The lowest BCUT2D eigenvalue weighted by atomic mass is 10.2. The van der Waals surface area contributed by atoms with Gasteiger partial charge in [-0.1, -0.05) is 0 Å². The summed E-state index contributed by atoms with van der Waals surface area (Å²) in [6.07, 6.45) is -0.282. The summed E-state index contributed by atoms with van der Waals surface area (Å²) in [7, 11) is 1.51. The van der Waals surface area contributed by atoms with E-state index in [0.29, 0.717) is 0 Å². The van der Waals surface area contributed by atoms with Crippen LogP contribution in [-0.4, -0.2) is 19.6 Å². The number of hydrogen-bond acceptors (Lipinski definition) is 3. The normalized spacial score (nSPS) is 10.6. The summed E-state index contributed by atoms with van der Waals surface area (Å²) in [6.45, 7) is 0.133. The number of nitrogens with one attached hydrogen (secondary N) is 1. The topological polar surface area (TPSA) is 38.3 Å². The fourth-order valence-corrected chi connectivity index (χ4v) is 1.07. The van der Waals surface area contributed by atoms with E-state index in [1.54, 1.807) is 0 Å². The highest BCUT2D eigenvalue weighted by Crippen LogP contribution is 2.29. The van der Waals surface area contributed by atoms with Crippen LogP contribution in [0.4, 0.5) is 22.0 Å². The van der Waals surface area contributed by atoms with Crippen molar-refractivity contribution in [1.29, 1.82) is 0 Å². The number of rotatable bonds is 4. The fourth-order valence-electron chi connectivity index (χ4n) is 1.07. The molecule has 1 aromatic rings. The van der Waals surface area contributed by atoms with Crippen LogP contribution in [0.15, 0.2) is 0 Å². The van der Waals surface area contributed by atoms with Gasteiger partial charge in [-0.2, -0.15) is 8.78 Å². The molecule has 0 bridgehead atoms. The average molecular weight is 269 g/mol. The molecule has 1 N–H and O–H groups in total. The van der Waals surface area contributed by atoms with E-state index in [1.165, 1.54) is 7.05 Å². The molecule has 1 aromatic carbocycles. The predicted molar refractivity (Wildman–Crippen MR) is 50.4 cm³/mol. The second-order valence-corrected chi connectivity index (χ2v) is 3.23. The number of ether oxygens (including phenoxy) is 1. The van der Waals surface area contributed by atoms with Gasteiger partial charge in [0, 0.05) is 6.54 Å². The van der Waals surface area contributed by atoms with Gasteiger partial charge >= 0.3 is 5.97 Å². The Hall–Kier alpha value is -1.70. The molecule has 0 aliphatic rings. The molecule has 0 saturated heterocycles. The van der Waals surface area contributed by atoms with Crippen molar-refractivity contribution in [1.82, 2.24) is 5.32 Å². The lowest BCUT2D eigenvalue weighted by Gasteiger charge is -2.08. The van der Waals surface area contributed by atoms with E-state index < -0.39 is 40.8 Å². The van der Waals surface area contributed by atoms with Gasteiger partial charge in [-0.3, -0.25) is 4.79 Å². The van der Waals surface area contributed by atoms with Gasteiger partial charge < -0.3 is 10.1 Å². The fraction of sp³-hybridized carbons (Fsp3) is 0.300. The quantitative estimate of drug-likeness (QED) is 0.298. The third kappa shape index (κ3) is 2.76. The predicted octanol–water partition coefficient (Wildman–Crippen LogP) is 1.90. The summed E-state index contributed by atoms with van der Waals surface area (Å²) in [5, 5.41) is 2.55. The van der Waals surface area contributed by atoms with Crippen molar-refractivity contribution in [3.8, 4) is 5.75 Å². The van der Waals surface area contributed by atoms with Crippen molar-refractivity contribution in [2.24, 2.45) is 0 Å². The van der Waals surface area contributed by atoms with E-state index in [9.17, 15) is 26.7 Å². The zero-order valence-electron chi connectivity index (χ0n) is 9.12. The summed E-state index contributed by atoms with van der Waals surface area (Å²) in [5.74, 6) is -13.7. The molecule has 0 amide bonds. The molecule has 1 rings (SSSR count). The number of carbonyl (C=O) groups is 1. The lowest BCUT2D eigenvalue weighted by molar-refractivity contribution is -0.134. The minimum Gasteiger partial charge on any atom is -0.420 e. The molecule has 100 valence electrons. The van der Waals surface area contributed by atoms with Crippen LogP contribution >= 0.6 is 0 Å². The minimum absolute atomic E-state index is 0.133. The van der Waals surface area contributed by atoms with Crippen molar-refractivity contribution in [3.63, 3.8) is 0 Å². The van der Waals surface area contributed by atoms with Crippen molar-refractivity contribution in [3.05, 3.63) is 29.1 Å². The third-order valence-electron chi connectivity index (χ3n) is 1.96. The van der Waals surface area contributed by atoms with Gasteiger partial charge in [0.25, 0.3) is 0 Å². The van der Waals surface area contributed by atoms with Crippen molar-refractivity contribution in [2.75, 3.05) is 13.6 Å². The number of halogens is 5. The Balaban J connectivity index is 3.06. The number of benzene rings is 1. The maximum atomic E-state index is 13.1. The Bertz CT molecular complexity index is 449. The standard InChI is InChI=1S/C10H8F5NO2/c1-16-3-2-4(17)18-10-8(14)6(12)5(11)7(13)9(10)15/h16H,2-3H2,1H3. The van der Waals surface area contributed by atoms with Crippen LogP contribution in [0.25, 0.3) is 0 Å². The molecule has 0 radical (unpaired) electrons. The van der Waals surface area contributed by atoms with Crippen molar-refractivity contribution >= 4 is 5.97 Å². The molecule has 0 aliphatic heterocycles. The molecule has 0 heterocycles. The van der Waals surface area contributed by atoms with E-state index in [2.05, 4.69) is 10.1 Å². The summed E-state index contributed by atoms with van der Waals surface area (Å²) in [5.41, 5.74) is 0. The molecule has 3 nitrogen and oxygen atoms in total. The molecule has 0 saturated carbocycles. The van der Waals surface area contributed by atoms with Gasteiger partial charge in [-0.05, 0) is 7.05 Å². The van der Waals surface area contributed by atoms with Crippen molar-refractivity contribution in [2.45, 2.75) is 6.42 Å². The number of hydrogen-bond donors (Lipinski definition) is 1. The second-order valence-electron chi connectivity index (χ2n) is 3.23. The third-order valence-corrected chi connectivity index (χ3v) is 1.96. The van der Waals surface area contributed by atoms with E-state index in [4.69, 9.17) is 0 Å². The first-order valence-corrected chi connectivity index (χ1v) is 4.76. The summed E-state index contributed by atoms with van der Waals surface area (Å²) in [6, 6.07) is 0. The van der Waals surface area contributed by atoms with Gasteiger partial charge in [0.1, 0.15) is 0 Å². The van der Waals surface area contributed by atoms with E-state index >= 15 is 0 Å². The van der Waals surface area contributed by atoms with Crippen LogP contribution < -0.4 is 10.1 Å². The highest BCUT2D eigenvalue weighted by atomic mass is 19.2. The van der Waals surface area contributed by atoms with Gasteiger partial charge in [0.05, 0.1) is 6.42 Å². The smallest absolute Gasteiger partial charge is 0.312 e. The van der Waals surface area contributed by atoms with Crippen LogP contribution in [0.1, 0.15) is 6.42 Å². The molecule has 0 unspecified atom stereocenters. The summed E-state index contributed by atoms with van der Waals surface area (Å²) >= 11 is 0. The molecule has 0 fully saturated rings. The van der Waals surface area contributed by atoms with Crippen LogP contribution in [0.2, 0.25) is 0 Å². The Kier molecular flexibility index (Phi) is 4.60. The molecule has 18 heavy (non-hydrogen) atoms.